The summed E-state index contributed by atoms with van der Waals surface area (Å²) < 4.78 is 12.2. The van der Waals surface area contributed by atoms with Gasteiger partial charge in [-0.15, -0.1) is 0 Å². The molecule has 0 aromatic heterocycles. The first-order valence-corrected chi connectivity index (χ1v) is 8.84. The summed E-state index contributed by atoms with van der Waals surface area (Å²) in [7, 11) is -1.32. The third-order valence-electron chi connectivity index (χ3n) is 3.19. The maximum absolute atomic E-state index is 12.2. The average molecular weight is 299 g/mol. The summed E-state index contributed by atoms with van der Waals surface area (Å²) in [6, 6.07) is 9.90. The second-order valence-electron chi connectivity index (χ2n) is 4.65. The highest BCUT2D eigenvalue weighted by Gasteiger charge is 2.30. The van der Waals surface area contributed by atoms with Crippen LogP contribution in [-0.2, 0) is 9.36 Å². The van der Waals surface area contributed by atoms with Crippen LogP contribution < -0.4 is 0 Å². The number of hydrogen-bond donors (Lipinski definition) is 1. The van der Waals surface area contributed by atoms with Crippen LogP contribution in [0.5, 0.6) is 0 Å². The molecule has 0 fully saturated rings. The Morgan fingerprint density at radius 3 is 2.53 bits per heavy atom. The molecule has 3 nitrogen and oxygen atoms in total. The molecule has 0 radical (unpaired) electrons. The fourth-order valence-corrected chi connectivity index (χ4v) is 4.76. The van der Waals surface area contributed by atoms with Crippen molar-refractivity contribution in [2.24, 2.45) is 5.92 Å². The molecular formula is C14H20O3PS+. The molecule has 1 rings (SSSR count). The molecule has 0 saturated heterocycles. The summed E-state index contributed by atoms with van der Waals surface area (Å²) in [5.74, 6) is -0.607. The van der Waals surface area contributed by atoms with Gasteiger partial charge in [0.1, 0.15) is 0 Å². The molecule has 0 aliphatic rings. The molecule has 0 aliphatic carbocycles. The van der Waals surface area contributed by atoms with Gasteiger partial charge in [0.15, 0.2) is 11.2 Å². The zero-order chi connectivity index (χ0) is 14.3. The number of carboxylic acid groups (broad SMARTS) is 1. The van der Waals surface area contributed by atoms with Crippen molar-refractivity contribution in [2.45, 2.75) is 37.2 Å². The number of carboxylic acids is 1. The highest BCUT2D eigenvalue weighted by atomic mass is 32.2. The Morgan fingerprint density at radius 2 is 1.95 bits per heavy atom. The molecule has 19 heavy (non-hydrogen) atoms. The molecule has 5 heteroatoms. The maximum Gasteiger partial charge on any atom is 0.352 e. The topological polar surface area (TPSA) is 54.4 Å². The van der Waals surface area contributed by atoms with E-state index in [4.69, 9.17) is 5.11 Å². The molecule has 3 unspecified atom stereocenters. The van der Waals surface area contributed by atoms with Crippen molar-refractivity contribution < 1.29 is 14.5 Å². The summed E-state index contributed by atoms with van der Waals surface area (Å²) in [6.45, 7) is 3.94. The highest BCUT2D eigenvalue weighted by molar-refractivity contribution is 8.03. The predicted octanol–water partition coefficient (Wildman–Crippen LogP) is 4.45. The first-order chi connectivity index (χ1) is 9.00. The Bertz CT molecular complexity index is 422. The van der Waals surface area contributed by atoms with E-state index in [9.17, 15) is 9.36 Å². The zero-order valence-electron chi connectivity index (χ0n) is 11.3. The third kappa shape index (κ3) is 6.22. The van der Waals surface area contributed by atoms with Gasteiger partial charge in [0.25, 0.3) is 0 Å². The van der Waals surface area contributed by atoms with Gasteiger partial charge in [0, 0.05) is 17.2 Å². The minimum absolute atomic E-state index is 0.0607. The molecular weight excluding hydrogens is 279 g/mol. The smallest absolute Gasteiger partial charge is 0.352 e. The first kappa shape index (κ1) is 16.2. The summed E-state index contributed by atoms with van der Waals surface area (Å²) in [5.41, 5.74) is 0.656. The highest BCUT2D eigenvalue weighted by Crippen LogP contribution is 2.39. The van der Waals surface area contributed by atoms with Crippen LogP contribution >= 0.6 is 19.6 Å². The van der Waals surface area contributed by atoms with E-state index in [0.717, 1.165) is 4.90 Å². The molecule has 0 heterocycles. The fraction of sp³-hybridized carbons (Fsp3) is 0.500. The Balaban J connectivity index is 2.38. The lowest BCUT2D eigenvalue weighted by molar-refractivity contribution is -0.137. The van der Waals surface area contributed by atoms with Crippen molar-refractivity contribution in [3.05, 3.63) is 30.3 Å². The maximum atomic E-state index is 12.2. The molecule has 104 valence electrons. The van der Waals surface area contributed by atoms with Crippen molar-refractivity contribution >= 4 is 25.5 Å². The van der Waals surface area contributed by atoms with E-state index in [1.165, 1.54) is 0 Å². The molecule has 0 saturated carbocycles. The summed E-state index contributed by atoms with van der Waals surface area (Å²) in [6.07, 6.45) is 0.744. The minimum Gasteiger partial charge on any atom is -0.481 e. The fourth-order valence-electron chi connectivity index (χ4n) is 1.65. The average Bonchev–Trinajstić information content (AvgIpc) is 2.42. The van der Waals surface area contributed by atoms with Crippen molar-refractivity contribution in [1.29, 1.82) is 0 Å². The number of benzene rings is 1. The Labute approximate surface area is 119 Å². The van der Waals surface area contributed by atoms with Gasteiger partial charge in [-0.05, 0) is 25.5 Å². The van der Waals surface area contributed by atoms with E-state index in [-0.39, 0.29) is 18.0 Å². The van der Waals surface area contributed by atoms with Crippen LogP contribution in [0.1, 0.15) is 26.7 Å². The Kier molecular flexibility index (Phi) is 7.11. The Hall–Kier alpha value is -0.860. The van der Waals surface area contributed by atoms with Gasteiger partial charge in [-0.3, -0.25) is 4.79 Å². The molecule has 0 spiro atoms. The molecule has 0 aliphatic heterocycles. The predicted molar refractivity (Wildman–Crippen MR) is 80.3 cm³/mol. The second kappa shape index (κ2) is 8.34. The lowest BCUT2D eigenvalue weighted by Gasteiger charge is -2.10. The van der Waals surface area contributed by atoms with E-state index in [0.29, 0.717) is 11.9 Å². The molecule has 3 atom stereocenters. The van der Waals surface area contributed by atoms with E-state index < -0.39 is 13.8 Å². The van der Waals surface area contributed by atoms with Gasteiger partial charge in [-0.25, -0.2) is 0 Å². The van der Waals surface area contributed by atoms with Crippen LogP contribution in [0.4, 0.5) is 0 Å². The second-order valence-corrected chi connectivity index (χ2v) is 8.10. The van der Waals surface area contributed by atoms with Gasteiger partial charge >= 0.3 is 13.8 Å². The molecule has 1 aromatic rings. The largest absolute Gasteiger partial charge is 0.481 e. The summed E-state index contributed by atoms with van der Waals surface area (Å²) in [5, 5.41) is 8.66. The van der Waals surface area contributed by atoms with Crippen molar-refractivity contribution in [3.8, 4) is 0 Å². The quantitative estimate of drug-likeness (QED) is 0.569. The van der Waals surface area contributed by atoms with Crippen LogP contribution in [0.3, 0.4) is 0 Å². The number of thioether (sulfide) groups is 1. The zero-order valence-corrected chi connectivity index (χ0v) is 13.0. The van der Waals surface area contributed by atoms with Crippen molar-refractivity contribution in [3.63, 3.8) is 0 Å². The number of carbonyl (C=O) groups is 1. The van der Waals surface area contributed by atoms with E-state index in [1.54, 1.807) is 11.8 Å². The van der Waals surface area contributed by atoms with Crippen LogP contribution in [0.2, 0.25) is 0 Å². The van der Waals surface area contributed by atoms with Gasteiger partial charge < -0.3 is 5.11 Å². The van der Waals surface area contributed by atoms with Crippen LogP contribution in [0.15, 0.2) is 35.2 Å². The van der Waals surface area contributed by atoms with E-state index >= 15 is 0 Å². The van der Waals surface area contributed by atoms with Gasteiger partial charge in [-0.1, -0.05) is 41.4 Å². The normalized spacial score (nSPS) is 14.7. The summed E-state index contributed by atoms with van der Waals surface area (Å²) >= 11 is 1.60. The standard InChI is InChI=1S/C14H19O3PS/c1-11(8-9-14(15)16)12(2)18(17)10-19-13-6-4-3-5-7-13/h3-7,11-12H,8-10H2,1-2H3/p+1. The van der Waals surface area contributed by atoms with Crippen LogP contribution in [0, 0.1) is 5.92 Å². The van der Waals surface area contributed by atoms with Gasteiger partial charge in [0.2, 0.25) is 0 Å². The Morgan fingerprint density at radius 1 is 1.32 bits per heavy atom. The summed E-state index contributed by atoms with van der Waals surface area (Å²) in [4.78, 5) is 11.7. The van der Waals surface area contributed by atoms with E-state index in [2.05, 4.69) is 0 Å². The van der Waals surface area contributed by atoms with Crippen molar-refractivity contribution in [1.82, 2.24) is 0 Å². The lowest BCUT2D eigenvalue weighted by Crippen LogP contribution is -2.12. The van der Waals surface area contributed by atoms with Crippen LogP contribution in [0.25, 0.3) is 0 Å². The minimum atomic E-state index is -1.32. The molecule has 1 N–H and O–H groups in total. The molecule has 1 aromatic carbocycles. The first-order valence-electron chi connectivity index (χ1n) is 6.34. The molecule has 0 amide bonds. The third-order valence-corrected chi connectivity index (χ3v) is 6.75. The van der Waals surface area contributed by atoms with Gasteiger partial charge in [-0.2, -0.15) is 0 Å². The number of rotatable bonds is 8. The number of hydrogen-bond acceptors (Lipinski definition) is 3. The van der Waals surface area contributed by atoms with Gasteiger partial charge in [0.05, 0.1) is 0 Å². The monoisotopic (exact) mass is 299 g/mol. The SMILES string of the molecule is CC(CCC(=O)O)C(C)[P+](=O)CSc1ccccc1. The van der Waals surface area contributed by atoms with Crippen molar-refractivity contribution in [2.75, 3.05) is 5.49 Å². The lowest BCUT2D eigenvalue weighted by atomic mass is 10.0. The van der Waals surface area contributed by atoms with E-state index in [1.807, 2.05) is 44.2 Å². The number of aliphatic carboxylic acids is 1. The molecule has 0 bridgehead atoms. The van der Waals surface area contributed by atoms with Crippen LogP contribution in [-0.4, -0.2) is 22.2 Å².